The van der Waals surface area contributed by atoms with Crippen LogP contribution in [0.3, 0.4) is 0 Å². The zero-order valence-corrected chi connectivity index (χ0v) is 11.6. The van der Waals surface area contributed by atoms with Gasteiger partial charge in [0.2, 0.25) is 0 Å². The molecule has 1 aromatic carbocycles. The van der Waals surface area contributed by atoms with Gasteiger partial charge in [0.1, 0.15) is 11.9 Å². The minimum Gasteiger partial charge on any atom is -0.487 e. The molecule has 19 heavy (non-hydrogen) atoms. The van der Waals surface area contributed by atoms with E-state index >= 15 is 0 Å². The number of hydrogen-bond donors (Lipinski definition) is 2. The van der Waals surface area contributed by atoms with E-state index in [0.717, 1.165) is 51.4 Å². The van der Waals surface area contributed by atoms with Crippen molar-refractivity contribution in [3.8, 4) is 5.75 Å². The first-order valence-electron chi connectivity index (χ1n) is 7.26. The fourth-order valence-electron chi connectivity index (χ4n) is 2.79. The minimum atomic E-state index is 0.323. The van der Waals surface area contributed by atoms with E-state index in [2.05, 4.69) is 40.7 Å². The quantitative estimate of drug-likeness (QED) is 0.856. The Hall–Kier alpha value is -1.26. The molecule has 0 aliphatic carbocycles. The number of hydrogen-bond acceptors (Lipinski definition) is 4. The summed E-state index contributed by atoms with van der Waals surface area (Å²) in [7, 11) is 0. The zero-order chi connectivity index (χ0) is 13.1. The lowest BCUT2D eigenvalue weighted by molar-refractivity contribution is 0.223. The first kappa shape index (κ1) is 12.8. The lowest BCUT2D eigenvalue weighted by Gasteiger charge is -2.31. The SMILES string of the molecule is Cc1ccc(O[C@H]2CCNC2)c(N2CCNCC2)c1. The van der Waals surface area contributed by atoms with Gasteiger partial charge in [-0.25, -0.2) is 0 Å². The molecule has 4 nitrogen and oxygen atoms in total. The first-order valence-corrected chi connectivity index (χ1v) is 7.26. The summed E-state index contributed by atoms with van der Waals surface area (Å²) in [6, 6.07) is 6.53. The molecule has 0 amide bonds. The van der Waals surface area contributed by atoms with Crippen molar-refractivity contribution in [2.75, 3.05) is 44.2 Å². The van der Waals surface area contributed by atoms with Crippen LogP contribution in [0, 0.1) is 6.92 Å². The van der Waals surface area contributed by atoms with Crippen LogP contribution in [-0.2, 0) is 0 Å². The molecule has 2 N–H and O–H groups in total. The molecular formula is C15H23N3O. The van der Waals surface area contributed by atoms with Crippen molar-refractivity contribution in [1.29, 1.82) is 0 Å². The summed E-state index contributed by atoms with van der Waals surface area (Å²) in [6.07, 6.45) is 1.43. The highest BCUT2D eigenvalue weighted by atomic mass is 16.5. The predicted octanol–water partition coefficient (Wildman–Crippen LogP) is 1.15. The fourth-order valence-corrected chi connectivity index (χ4v) is 2.79. The van der Waals surface area contributed by atoms with Crippen molar-refractivity contribution in [3.05, 3.63) is 23.8 Å². The molecule has 2 fully saturated rings. The number of benzene rings is 1. The highest BCUT2D eigenvalue weighted by molar-refractivity contribution is 5.60. The van der Waals surface area contributed by atoms with Crippen molar-refractivity contribution in [2.45, 2.75) is 19.4 Å². The second-order valence-corrected chi connectivity index (χ2v) is 5.44. The molecule has 0 bridgehead atoms. The fraction of sp³-hybridized carbons (Fsp3) is 0.600. The molecule has 4 heteroatoms. The number of aryl methyl sites for hydroxylation is 1. The summed E-state index contributed by atoms with van der Waals surface area (Å²) >= 11 is 0. The lowest BCUT2D eigenvalue weighted by atomic mass is 10.1. The smallest absolute Gasteiger partial charge is 0.143 e. The number of nitrogens with one attached hydrogen (secondary N) is 2. The summed E-state index contributed by atoms with van der Waals surface area (Å²) < 4.78 is 6.19. The van der Waals surface area contributed by atoms with Gasteiger partial charge in [0.25, 0.3) is 0 Å². The Morgan fingerprint density at radius 2 is 2.00 bits per heavy atom. The molecule has 0 radical (unpaired) electrons. The highest BCUT2D eigenvalue weighted by Crippen LogP contribution is 2.31. The molecule has 1 atom stereocenters. The van der Waals surface area contributed by atoms with Crippen LogP contribution in [0.15, 0.2) is 18.2 Å². The van der Waals surface area contributed by atoms with Gasteiger partial charge in [-0.1, -0.05) is 6.07 Å². The van der Waals surface area contributed by atoms with E-state index in [-0.39, 0.29) is 0 Å². The minimum absolute atomic E-state index is 0.323. The average molecular weight is 261 g/mol. The number of rotatable bonds is 3. The summed E-state index contributed by atoms with van der Waals surface area (Å²) in [5, 5.41) is 6.75. The zero-order valence-electron chi connectivity index (χ0n) is 11.6. The Morgan fingerprint density at radius 1 is 1.16 bits per heavy atom. The van der Waals surface area contributed by atoms with Gasteiger partial charge in [0.05, 0.1) is 5.69 Å². The molecule has 2 aliphatic rings. The maximum Gasteiger partial charge on any atom is 0.143 e. The van der Waals surface area contributed by atoms with Crippen molar-refractivity contribution in [2.24, 2.45) is 0 Å². The maximum atomic E-state index is 6.19. The van der Waals surface area contributed by atoms with Crippen LogP contribution in [0.2, 0.25) is 0 Å². The Balaban J connectivity index is 1.80. The Morgan fingerprint density at radius 3 is 2.74 bits per heavy atom. The Bertz CT molecular complexity index is 423. The third-order valence-electron chi connectivity index (χ3n) is 3.88. The summed E-state index contributed by atoms with van der Waals surface area (Å²) in [6.45, 7) is 8.41. The van der Waals surface area contributed by atoms with Crippen LogP contribution >= 0.6 is 0 Å². The van der Waals surface area contributed by atoms with Crippen molar-refractivity contribution in [1.82, 2.24) is 10.6 Å². The van der Waals surface area contributed by atoms with E-state index in [1.807, 2.05) is 0 Å². The van der Waals surface area contributed by atoms with E-state index in [0.29, 0.717) is 6.10 Å². The van der Waals surface area contributed by atoms with Gasteiger partial charge in [-0.3, -0.25) is 0 Å². The number of piperazine rings is 1. The monoisotopic (exact) mass is 261 g/mol. The highest BCUT2D eigenvalue weighted by Gasteiger charge is 2.20. The summed E-state index contributed by atoms with van der Waals surface area (Å²) in [5.41, 5.74) is 2.55. The third kappa shape index (κ3) is 3.01. The third-order valence-corrected chi connectivity index (χ3v) is 3.88. The summed E-state index contributed by atoms with van der Waals surface area (Å²) in [5.74, 6) is 1.04. The number of nitrogens with zero attached hydrogens (tertiary/aromatic N) is 1. The standard InChI is InChI=1S/C15H23N3O/c1-12-2-3-15(19-13-4-5-17-11-13)14(10-12)18-8-6-16-7-9-18/h2-3,10,13,16-17H,4-9,11H2,1H3/t13-/m0/s1. The van der Waals surface area contributed by atoms with E-state index in [4.69, 9.17) is 4.74 Å². The van der Waals surface area contributed by atoms with E-state index in [1.54, 1.807) is 0 Å². The van der Waals surface area contributed by atoms with Crippen LogP contribution < -0.4 is 20.3 Å². The van der Waals surface area contributed by atoms with E-state index in [9.17, 15) is 0 Å². The molecule has 3 rings (SSSR count). The molecule has 0 spiro atoms. The normalized spacial score (nSPS) is 23.6. The van der Waals surface area contributed by atoms with Gasteiger partial charge in [-0.15, -0.1) is 0 Å². The molecule has 2 heterocycles. The van der Waals surface area contributed by atoms with Crippen LogP contribution in [-0.4, -0.2) is 45.4 Å². The first-order chi connectivity index (χ1) is 9.33. The van der Waals surface area contributed by atoms with Gasteiger partial charge >= 0.3 is 0 Å². The van der Waals surface area contributed by atoms with Crippen molar-refractivity contribution < 1.29 is 4.74 Å². The summed E-state index contributed by atoms with van der Waals surface area (Å²) in [4.78, 5) is 2.43. The number of anilines is 1. The van der Waals surface area contributed by atoms with Crippen molar-refractivity contribution in [3.63, 3.8) is 0 Å². The topological polar surface area (TPSA) is 36.5 Å². The molecule has 104 valence electrons. The van der Waals surface area contributed by atoms with Crippen LogP contribution in [0.5, 0.6) is 5.75 Å². The van der Waals surface area contributed by atoms with E-state index in [1.165, 1.54) is 11.3 Å². The molecule has 2 saturated heterocycles. The second kappa shape index (κ2) is 5.80. The van der Waals surface area contributed by atoms with Crippen LogP contribution in [0.1, 0.15) is 12.0 Å². The molecular weight excluding hydrogens is 238 g/mol. The number of ether oxygens (including phenoxy) is 1. The molecule has 0 saturated carbocycles. The van der Waals surface area contributed by atoms with Gasteiger partial charge in [-0.2, -0.15) is 0 Å². The van der Waals surface area contributed by atoms with Gasteiger partial charge < -0.3 is 20.3 Å². The average Bonchev–Trinajstić information content (AvgIpc) is 2.95. The predicted molar refractivity (Wildman–Crippen MR) is 78.2 cm³/mol. The van der Waals surface area contributed by atoms with Gasteiger partial charge in [-0.05, 0) is 37.6 Å². The molecule has 0 aromatic heterocycles. The second-order valence-electron chi connectivity index (χ2n) is 5.44. The van der Waals surface area contributed by atoms with Crippen molar-refractivity contribution >= 4 is 5.69 Å². The molecule has 2 aliphatic heterocycles. The maximum absolute atomic E-state index is 6.19. The van der Waals surface area contributed by atoms with Gasteiger partial charge in [0.15, 0.2) is 0 Å². The molecule has 0 unspecified atom stereocenters. The largest absolute Gasteiger partial charge is 0.487 e. The lowest BCUT2D eigenvalue weighted by Crippen LogP contribution is -2.43. The van der Waals surface area contributed by atoms with E-state index < -0.39 is 0 Å². The van der Waals surface area contributed by atoms with Crippen LogP contribution in [0.4, 0.5) is 5.69 Å². The van der Waals surface area contributed by atoms with Gasteiger partial charge in [0, 0.05) is 32.7 Å². The Kier molecular flexibility index (Phi) is 3.89. The molecule has 1 aromatic rings. The Labute approximate surface area is 115 Å². The van der Waals surface area contributed by atoms with Crippen LogP contribution in [0.25, 0.3) is 0 Å².